The Labute approximate surface area is 282 Å². The number of aromatic nitrogens is 2. The number of nitrogens with zero attached hydrogens (tertiary/aromatic N) is 5. The van der Waals surface area contributed by atoms with E-state index in [4.69, 9.17) is 30.8 Å². The van der Waals surface area contributed by atoms with Gasteiger partial charge in [0.25, 0.3) is 0 Å². The van der Waals surface area contributed by atoms with E-state index in [2.05, 4.69) is 33.9 Å². The van der Waals surface area contributed by atoms with Gasteiger partial charge in [-0.05, 0) is 88.2 Å². The molecule has 0 saturated carbocycles. The van der Waals surface area contributed by atoms with Crippen molar-refractivity contribution in [1.82, 2.24) is 14.9 Å². The minimum absolute atomic E-state index is 0.101. The number of benzene rings is 3. The highest BCUT2D eigenvalue weighted by molar-refractivity contribution is 6.33. The molecule has 0 aliphatic carbocycles. The number of anilines is 4. The number of rotatable bonds is 10. The predicted octanol–water partition coefficient (Wildman–Crippen LogP) is 7.55. The predicted molar refractivity (Wildman–Crippen MR) is 188 cm³/mol. The molecule has 1 amide bonds. The fraction of sp³-hybridized carbons (Fsp3) is 0.361. The quantitative estimate of drug-likeness (QED) is 0.185. The van der Waals surface area contributed by atoms with Gasteiger partial charge >= 0.3 is 6.09 Å². The van der Waals surface area contributed by atoms with Crippen LogP contribution < -0.4 is 29.3 Å². The van der Waals surface area contributed by atoms with Gasteiger partial charge in [0.05, 0.1) is 31.5 Å². The van der Waals surface area contributed by atoms with Crippen LogP contribution in [0.2, 0.25) is 5.02 Å². The molecule has 11 heteroatoms. The lowest BCUT2D eigenvalue weighted by molar-refractivity contribution is 0.206. The van der Waals surface area contributed by atoms with Crippen molar-refractivity contribution in [2.45, 2.75) is 47.2 Å². The summed E-state index contributed by atoms with van der Waals surface area (Å²) >= 11 is 6.78. The van der Waals surface area contributed by atoms with E-state index in [1.807, 2.05) is 57.2 Å². The zero-order chi connectivity index (χ0) is 33.7. The molecule has 10 nitrogen and oxygen atoms in total. The summed E-state index contributed by atoms with van der Waals surface area (Å²) in [7, 11) is 3.18. The van der Waals surface area contributed by atoms with Crippen LogP contribution in [0.25, 0.3) is 0 Å². The first kappa shape index (κ1) is 33.8. The van der Waals surface area contributed by atoms with Crippen molar-refractivity contribution >= 4 is 40.8 Å². The van der Waals surface area contributed by atoms with Crippen LogP contribution in [-0.2, 0) is 6.54 Å². The average Bonchev–Trinajstić information content (AvgIpc) is 3.05. The van der Waals surface area contributed by atoms with Gasteiger partial charge in [-0.25, -0.2) is 9.78 Å². The van der Waals surface area contributed by atoms with Crippen molar-refractivity contribution in [1.29, 1.82) is 0 Å². The number of amides is 1. The monoisotopic (exact) mass is 658 g/mol. The lowest BCUT2D eigenvalue weighted by atomic mass is 10.1. The first-order valence-electron chi connectivity index (χ1n) is 15.7. The van der Waals surface area contributed by atoms with Gasteiger partial charge < -0.3 is 24.4 Å². The molecule has 1 aliphatic heterocycles. The van der Waals surface area contributed by atoms with Crippen LogP contribution in [0.15, 0.2) is 60.8 Å². The molecular weight excluding hydrogens is 616 g/mol. The van der Waals surface area contributed by atoms with E-state index in [0.717, 1.165) is 54.2 Å². The number of aryl methyl sites for hydroxylation is 3. The molecule has 0 radical (unpaired) electrons. The molecule has 248 valence electrons. The highest BCUT2D eigenvalue weighted by atomic mass is 35.5. The van der Waals surface area contributed by atoms with E-state index >= 15 is 0 Å². The highest BCUT2D eigenvalue weighted by Crippen LogP contribution is 2.32. The molecule has 1 N–H and O–H groups in total. The molecule has 0 bridgehead atoms. The number of methoxy groups -OCH3 is 2. The third kappa shape index (κ3) is 8.07. The summed E-state index contributed by atoms with van der Waals surface area (Å²) in [6.07, 6.45) is 1.000. The van der Waals surface area contributed by atoms with Gasteiger partial charge in [0.2, 0.25) is 5.95 Å². The zero-order valence-electron chi connectivity index (χ0n) is 28.1. The van der Waals surface area contributed by atoms with E-state index in [-0.39, 0.29) is 6.54 Å². The number of halogens is 1. The van der Waals surface area contributed by atoms with Gasteiger partial charge in [0.15, 0.2) is 0 Å². The maximum atomic E-state index is 13.9. The molecule has 4 aromatic rings. The summed E-state index contributed by atoms with van der Waals surface area (Å²) in [5.41, 5.74) is 5.25. The van der Waals surface area contributed by atoms with Crippen LogP contribution in [0.5, 0.6) is 17.2 Å². The van der Waals surface area contributed by atoms with Crippen molar-refractivity contribution in [3.63, 3.8) is 0 Å². The largest absolute Gasteiger partial charge is 0.497 e. The lowest BCUT2D eigenvalue weighted by Crippen LogP contribution is -2.49. The van der Waals surface area contributed by atoms with Gasteiger partial charge in [-0.2, -0.15) is 4.98 Å². The molecule has 1 fully saturated rings. The molecule has 3 aromatic carbocycles. The second-order valence-corrected chi connectivity index (χ2v) is 12.4. The van der Waals surface area contributed by atoms with Crippen LogP contribution in [0.3, 0.4) is 0 Å². The molecule has 0 atom stereocenters. The second-order valence-electron chi connectivity index (χ2n) is 12.0. The van der Waals surface area contributed by atoms with Gasteiger partial charge in [0.1, 0.15) is 23.1 Å². The third-order valence-corrected chi connectivity index (χ3v) is 8.64. The topological polar surface area (TPSA) is 92.3 Å². The van der Waals surface area contributed by atoms with Gasteiger partial charge in [-0.1, -0.05) is 29.3 Å². The van der Waals surface area contributed by atoms with E-state index in [9.17, 15) is 4.79 Å². The molecular formula is C36H43ClN6O4. The van der Waals surface area contributed by atoms with Crippen LogP contribution in [0, 0.1) is 20.8 Å². The Morgan fingerprint density at radius 2 is 1.68 bits per heavy atom. The Balaban J connectivity index is 1.42. The maximum Gasteiger partial charge on any atom is 0.421 e. The fourth-order valence-electron chi connectivity index (χ4n) is 5.89. The first-order chi connectivity index (χ1) is 22.6. The van der Waals surface area contributed by atoms with Crippen molar-refractivity contribution < 1.29 is 19.0 Å². The Hall–Kier alpha value is -4.54. The van der Waals surface area contributed by atoms with E-state index in [1.54, 1.807) is 38.6 Å². The minimum Gasteiger partial charge on any atom is -0.497 e. The van der Waals surface area contributed by atoms with Crippen molar-refractivity contribution in [2.75, 3.05) is 55.5 Å². The maximum absolute atomic E-state index is 13.9. The average molecular weight is 659 g/mol. The Morgan fingerprint density at radius 1 is 0.957 bits per heavy atom. The Bertz CT molecular complexity index is 1700. The van der Waals surface area contributed by atoms with Crippen molar-refractivity contribution in [3.8, 4) is 17.2 Å². The molecule has 5 rings (SSSR count). The number of ether oxygens (including phenoxy) is 3. The number of piperazine rings is 1. The van der Waals surface area contributed by atoms with Crippen LogP contribution in [0.1, 0.15) is 36.1 Å². The molecule has 47 heavy (non-hydrogen) atoms. The molecule has 1 aromatic heterocycles. The number of nitrogens with one attached hydrogen (secondary N) is 1. The molecule has 0 spiro atoms. The Kier molecular flexibility index (Phi) is 10.7. The fourth-order valence-corrected chi connectivity index (χ4v) is 6.19. The van der Waals surface area contributed by atoms with E-state index in [1.165, 1.54) is 4.90 Å². The van der Waals surface area contributed by atoms with E-state index < -0.39 is 6.09 Å². The number of carbonyl (C=O) groups excluding carboxylic acids is 1. The van der Waals surface area contributed by atoms with Gasteiger partial charge in [-0.15, -0.1) is 0 Å². The number of carbonyl (C=O) groups is 1. The van der Waals surface area contributed by atoms with E-state index in [0.29, 0.717) is 45.6 Å². The standard InChI is InChI=1S/C36H43ClN6O4/c1-23(2)41-14-16-42(17-15-41)31-10-8-28(21-30(31)37)39-35-38-13-12-33(40-35)43(22-27-20-29(45-6)9-11-32(27)46-7)36(44)47-34-25(4)18-24(3)19-26(34)5/h8-13,18-21,23H,14-17,22H2,1-7H3,(H,38,39,40). The van der Waals surface area contributed by atoms with Gasteiger partial charge in [-0.3, -0.25) is 9.80 Å². The van der Waals surface area contributed by atoms with Crippen LogP contribution in [-0.4, -0.2) is 67.4 Å². The molecule has 1 saturated heterocycles. The normalized spacial score (nSPS) is 13.4. The SMILES string of the molecule is COc1ccc(OC)c(CN(C(=O)Oc2c(C)cc(C)cc2C)c2ccnc(Nc3ccc(N4CCN(C(C)C)CC4)c(Cl)c3)n2)c1. The summed E-state index contributed by atoms with van der Waals surface area (Å²) in [5.74, 6) is 2.38. The summed E-state index contributed by atoms with van der Waals surface area (Å²) in [6.45, 7) is 14.2. The molecule has 0 unspecified atom stereocenters. The first-order valence-corrected chi connectivity index (χ1v) is 16.1. The summed E-state index contributed by atoms with van der Waals surface area (Å²) < 4.78 is 17.1. The number of hydrogen-bond acceptors (Lipinski definition) is 9. The zero-order valence-corrected chi connectivity index (χ0v) is 28.9. The van der Waals surface area contributed by atoms with Gasteiger partial charge in [0, 0.05) is 49.7 Å². The van der Waals surface area contributed by atoms with Crippen molar-refractivity contribution in [3.05, 3.63) is 88.1 Å². The van der Waals surface area contributed by atoms with Crippen LogP contribution >= 0.6 is 11.6 Å². The van der Waals surface area contributed by atoms with Crippen LogP contribution in [0.4, 0.5) is 27.9 Å². The molecule has 1 aliphatic rings. The molecule has 2 heterocycles. The Morgan fingerprint density at radius 3 is 2.32 bits per heavy atom. The lowest BCUT2D eigenvalue weighted by Gasteiger charge is -2.38. The minimum atomic E-state index is -0.598. The summed E-state index contributed by atoms with van der Waals surface area (Å²) in [5, 5.41) is 3.89. The number of hydrogen-bond donors (Lipinski definition) is 1. The third-order valence-electron chi connectivity index (χ3n) is 8.34. The van der Waals surface area contributed by atoms with Crippen molar-refractivity contribution in [2.24, 2.45) is 0 Å². The smallest absolute Gasteiger partial charge is 0.421 e. The summed E-state index contributed by atoms with van der Waals surface area (Å²) in [6, 6.07) is 17.5. The summed E-state index contributed by atoms with van der Waals surface area (Å²) in [4.78, 5) is 29.3. The second kappa shape index (κ2) is 14.9. The highest BCUT2D eigenvalue weighted by Gasteiger charge is 2.25.